The molecule has 0 saturated carbocycles. The monoisotopic (exact) mass is 235 g/mol. The van der Waals surface area contributed by atoms with Crippen LogP contribution in [0.15, 0.2) is 23.8 Å². The lowest BCUT2D eigenvalue weighted by atomic mass is 10.4. The fourth-order valence-corrected chi connectivity index (χ4v) is 2.27. The smallest absolute Gasteiger partial charge is 0.0951 e. The van der Waals surface area contributed by atoms with E-state index in [-0.39, 0.29) is 0 Å². The average molecular weight is 235 g/mol. The molecule has 3 nitrogen and oxygen atoms in total. The molecule has 0 amide bonds. The Bertz CT molecular complexity index is 431. The summed E-state index contributed by atoms with van der Waals surface area (Å²) in [5.41, 5.74) is 2.39. The molecule has 2 aromatic rings. The second kappa shape index (κ2) is 5.27. The number of rotatable bonds is 5. The highest BCUT2D eigenvalue weighted by Crippen LogP contribution is 2.07. The zero-order valence-corrected chi connectivity index (χ0v) is 10.5. The van der Waals surface area contributed by atoms with Gasteiger partial charge in [0.15, 0.2) is 0 Å². The molecule has 1 N–H and O–H groups in total. The van der Waals surface area contributed by atoms with Crippen LogP contribution in [0.3, 0.4) is 0 Å². The number of aromatic nitrogens is 2. The first kappa shape index (κ1) is 11.4. The quantitative estimate of drug-likeness (QED) is 0.806. The number of imidazole rings is 1. The molecule has 0 spiro atoms. The van der Waals surface area contributed by atoms with Crippen molar-refractivity contribution in [3.63, 3.8) is 0 Å². The molecule has 2 aromatic heterocycles. The summed E-state index contributed by atoms with van der Waals surface area (Å²) in [4.78, 5) is 5.67. The number of hydrogen-bond acceptors (Lipinski definition) is 3. The molecular formula is C12H17N3S. The van der Waals surface area contributed by atoms with E-state index in [2.05, 4.69) is 39.3 Å². The van der Waals surface area contributed by atoms with Crippen molar-refractivity contribution in [2.45, 2.75) is 26.9 Å². The van der Waals surface area contributed by atoms with Gasteiger partial charge in [0.05, 0.1) is 12.0 Å². The van der Waals surface area contributed by atoms with Gasteiger partial charge >= 0.3 is 0 Å². The zero-order chi connectivity index (χ0) is 11.4. The Hall–Kier alpha value is -1.13. The van der Waals surface area contributed by atoms with Crippen LogP contribution in [-0.2, 0) is 13.1 Å². The number of nitrogens with zero attached hydrogens (tertiary/aromatic N) is 2. The van der Waals surface area contributed by atoms with Crippen LogP contribution in [0, 0.1) is 13.8 Å². The highest BCUT2D eigenvalue weighted by atomic mass is 32.1. The highest BCUT2D eigenvalue weighted by Gasteiger charge is 2.00. The van der Waals surface area contributed by atoms with Gasteiger partial charge in [-0.05, 0) is 25.3 Å². The SMILES string of the molecule is Cc1ncn(CCNCc2cccs2)c1C. The lowest BCUT2D eigenvalue weighted by molar-refractivity contribution is 0.592. The minimum absolute atomic E-state index is 0.963. The van der Waals surface area contributed by atoms with Crippen LogP contribution < -0.4 is 5.32 Å². The Kier molecular flexibility index (Phi) is 3.74. The highest BCUT2D eigenvalue weighted by molar-refractivity contribution is 7.09. The van der Waals surface area contributed by atoms with E-state index in [1.54, 1.807) is 11.3 Å². The molecule has 0 fully saturated rings. The average Bonchev–Trinajstić information content (AvgIpc) is 2.88. The molecule has 0 radical (unpaired) electrons. The minimum atomic E-state index is 0.963. The summed E-state index contributed by atoms with van der Waals surface area (Å²) in [6, 6.07) is 4.25. The molecule has 0 unspecified atom stereocenters. The molecule has 0 atom stereocenters. The number of thiophene rings is 1. The summed E-state index contributed by atoms with van der Waals surface area (Å²) in [6.07, 6.45) is 1.91. The maximum Gasteiger partial charge on any atom is 0.0951 e. The molecule has 0 bridgehead atoms. The number of hydrogen-bond donors (Lipinski definition) is 1. The van der Waals surface area contributed by atoms with Gasteiger partial charge in [0.25, 0.3) is 0 Å². The van der Waals surface area contributed by atoms with Crippen molar-refractivity contribution >= 4 is 11.3 Å². The lowest BCUT2D eigenvalue weighted by Crippen LogP contribution is -2.19. The van der Waals surface area contributed by atoms with E-state index in [9.17, 15) is 0 Å². The van der Waals surface area contributed by atoms with Crippen molar-refractivity contribution < 1.29 is 0 Å². The molecule has 0 aliphatic rings. The van der Waals surface area contributed by atoms with E-state index in [1.165, 1.54) is 10.6 Å². The summed E-state index contributed by atoms with van der Waals surface area (Å²) >= 11 is 1.79. The van der Waals surface area contributed by atoms with Gasteiger partial charge in [0.1, 0.15) is 0 Å². The predicted molar refractivity (Wildman–Crippen MR) is 67.7 cm³/mol. The standard InChI is InChI=1S/C12H17N3S/c1-10-11(2)15(9-14-10)6-5-13-8-12-4-3-7-16-12/h3-4,7,9,13H,5-6,8H2,1-2H3. The fraction of sp³-hybridized carbons (Fsp3) is 0.417. The lowest BCUT2D eigenvalue weighted by Gasteiger charge is -2.06. The van der Waals surface area contributed by atoms with Crippen LogP contribution in [-0.4, -0.2) is 16.1 Å². The summed E-state index contributed by atoms with van der Waals surface area (Å²) in [5, 5.41) is 5.55. The topological polar surface area (TPSA) is 29.9 Å². The number of nitrogens with one attached hydrogen (secondary N) is 1. The Morgan fingerprint density at radius 3 is 2.94 bits per heavy atom. The van der Waals surface area contributed by atoms with Gasteiger partial charge in [-0.15, -0.1) is 11.3 Å². The summed E-state index contributed by atoms with van der Waals surface area (Å²) in [5.74, 6) is 0. The van der Waals surface area contributed by atoms with Gasteiger partial charge in [0.2, 0.25) is 0 Å². The first-order valence-electron chi connectivity index (χ1n) is 5.49. The van der Waals surface area contributed by atoms with Gasteiger partial charge in [-0.2, -0.15) is 0 Å². The molecule has 4 heteroatoms. The van der Waals surface area contributed by atoms with Gasteiger partial charge in [0, 0.05) is 30.2 Å². The minimum Gasteiger partial charge on any atom is -0.333 e. The molecule has 86 valence electrons. The zero-order valence-electron chi connectivity index (χ0n) is 9.73. The van der Waals surface area contributed by atoms with Crippen molar-refractivity contribution in [1.82, 2.24) is 14.9 Å². The third kappa shape index (κ3) is 2.71. The second-order valence-corrected chi connectivity index (χ2v) is 4.90. The largest absolute Gasteiger partial charge is 0.333 e. The molecule has 2 rings (SSSR count). The third-order valence-corrected chi connectivity index (χ3v) is 3.63. The van der Waals surface area contributed by atoms with Crippen molar-refractivity contribution in [1.29, 1.82) is 0 Å². The van der Waals surface area contributed by atoms with Gasteiger partial charge < -0.3 is 9.88 Å². The predicted octanol–water partition coefficient (Wildman–Crippen LogP) is 2.35. The maximum atomic E-state index is 4.28. The number of aryl methyl sites for hydroxylation is 1. The van der Waals surface area contributed by atoms with Crippen molar-refractivity contribution in [2.75, 3.05) is 6.54 Å². The van der Waals surface area contributed by atoms with Crippen LogP contribution in [0.2, 0.25) is 0 Å². The molecule has 16 heavy (non-hydrogen) atoms. The van der Waals surface area contributed by atoms with Crippen LogP contribution in [0.25, 0.3) is 0 Å². The van der Waals surface area contributed by atoms with E-state index >= 15 is 0 Å². The first-order chi connectivity index (χ1) is 7.77. The summed E-state index contributed by atoms with van der Waals surface area (Å²) in [7, 11) is 0. The van der Waals surface area contributed by atoms with E-state index in [4.69, 9.17) is 0 Å². The molecule has 2 heterocycles. The van der Waals surface area contributed by atoms with Crippen LogP contribution >= 0.6 is 11.3 Å². The first-order valence-corrected chi connectivity index (χ1v) is 6.37. The normalized spacial score (nSPS) is 10.9. The molecular weight excluding hydrogens is 218 g/mol. The molecule has 0 aliphatic carbocycles. The van der Waals surface area contributed by atoms with E-state index < -0.39 is 0 Å². The Labute approximate surface area is 100 Å². The van der Waals surface area contributed by atoms with Crippen molar-refractivity contribution in [2.24, 2.45) is 0 Å². The second-order valence-electron chi connectivity index (χ2n) is 3.86. The Morgan fingerprint density at radius 1 is 1.44 bits per heavy atom. The Morgan fingerprint density at radius 2 is 2.31 bits per heavy atom. The fourth-order valence-electron chi connectivity index (χ4n) is 1.59. The van der Waals surface area contributed by atoms with Crippen LogP contribution in [0.5, 0.6) is 0 Å². The van der Waals surface area contributed by atoms with Crippen LogP contribution in [0.1, 0.15) is 16.3 Å². The third-order valence-electron chi connectivity index (χ3n) is 2.75. The summed E-state index contributed by atoms with van der Waals surface area (Å²) < 4.78 is 2.19. The molecule has 0 aliphatic heterocycles. The van der Waals surface area contributed by atoms with E-state index in [0.717, 1.165) is 25.3 Å². The summed E-state index contributed by atoms with van der Waals surface area (Å²) in [6.45, 7) is 7.09. The van der Waals surface area contributed by atoms with Crippen LogP contribution in [0.4, 0.5) is 0 Å². The van der Waals surface area contributed by atoms with Crippen molar-refractivity contribution in [3.8, 4) is 0 Å². The maximum absolute atomic E-state index is 4.28. The molecule has 0 saturated heterocycles. The van der Waals surface area contributed by atoms with E-state index in [1.807, 2.05) is 13.3 Å². The van der Waals surface area contributed by atoms with Gasteiger partial charge in [-0.3, -0.25) is 0 Å². The van der Waals surface area contributed by atoms with Gasteiger partial charge in [-0.25, -0.2) is 4.98 Å². The molecule has 0 aromatic carbocycles. The Balaban J connectivity index is 1.74. The van der Waals surface area contributed by atoms with E-state index in [0.29, 0.717) is 0 Å². The van der Waals surface area contributed by atoms with Gasteiger partial charge in [-0.1, -0.05) is 6.07 Å². The van der Waals surface area contributed by atoms with Crippen molar-refractivity contribution in [3.05, 3.63) is 40.1 Å².